The fourth-order valence-corrected chi connectivity index (χ4v) is 1.62. The number of hydrogen-bond acceptors (Lipinski definition) is 5. The van der Waals surface area contributed by atoms with Crippen molar-refractivity contribution in [1.82, 2.24) is 4.57 Å². The largest absolute Gasteiger partial charge is 0.464 e. The standard InChI is InChI=1S/C12H16N2O5/c1-3-7-19-12(16)10(4-2)13-8-9(14(17)18)5-6-11(13)15/h5-6,8,10H,3-4,7H2,1-2H3. The topological polar surface area (TPSA) is 91.4 Å². The van der Waals surface area contributed by atoms with Gasteiger partial charge in [0.2, 0.25) is 0 Å². The minimum absolute atomic E-state index is 0.235. The smallest absolute Gasteiger partial charge is 0.329 e. The molecule has 0 saturated heterocycles. The summed E-state index contributed by atoms with van der Waals surface area (Å²) in [6, 6.07) is 1.36. The molecule has 1 aromatic rings. The Hall–Kier alpha value is -2.18. The van der Waals surface area contributed by atoms with Crippen LogP contribution >= 0.6 is 0 Å². The monoisotopic (exact) mass is 268 g/mol. The third-order valence-electron chi connectivity index (χ3n) is 2.58. The summed E-state index contributed by atoms with van der Waals surface area (Å²) in [4.78, 5) is 33.6. The summed E-state index contributed by atoms with van der Waals surface area (Å²) < 4.78 is 6.04. The van der Waals surface area contributed by atoms with Crippen LogP contribution in [0.3, 0.4) is 0 Å². The van der Waals surface area contributed by atoms with Gasteiger partial charge in [-0.2, -0.15) is 0 Å². The quantitative estimate of drug-likeness (QED) is 0.444. The van der Waals surface area contributed by atoms with Gasteiger partial charge in [-0.3, -0.25) is 19.5 Å². The maximum absolute atomic E-state index is 11.8. The highest BCUT2D eigenvalue weighted by atomic mass is 16.6. The first-order chi connectivity index (χ1) is 9.01. The van der Waals surface area contributed by atoms with E-state index in [1.807, 2.05) is 6.92 Å². The van der Waals surface area contributed by atoms with E-state index in [0.29, 0.717) is 12.8 Å². The summed E-state index contributed by atoms with van der Waals surface area (Å²) in [6.07, 6.45) is 2.07. The summed E-state index contributed by atoms with van der Waals surface area (Å²) in [5.74, 6) is -0.549. The highest BCUT2D eigenvalue weighted by Gasteiger charge is 2.22. The predicted octanol–water partition coefficient (Wildman–Crippen LogP) is 1.66. The highest BCUT2D eigenvalue weighted by Crippen LogP contribution is 2.15. The first-order valence-electron chi connectivity index (χ1n) is 6.04. The van der Waals surface area contributed by atoms with Crippen molar-refractivity contribution in [2.75, 3.05) is 6.61 Å². The van der Waals surface area contributed by atoms with Gasteiger partial charge in [0, 0.05) is 12.1 Å². The van der Waals surface area contributed by atoms with Gasteiger partial charge in [0.05, 0.1) is 17.7 Å². The molecule has 0 fully saturated rings. The molecule has 7 heteroatoms. The van der Waals surface area contributed by atoms with Gasteiger partial charge in [-0.15, -0.1) is 0 Å². The Bertz CT molecular complexity index is 523. The summed E-state index contributed by atoms with van der Waals surface area (Å²) >= 11 is 0. The molecule has 0 saturated carbocycles. The van der Waals surface area contributed by atoms with Crippen LogP contribution in [0.2, 0.25) is 0 Å². The van der Waals surface area contributed by atoms with E-state index in [2.05, 4.69) is 0 Å². The molecule has 0 aliphatic heterocycles. The second-order valence-electron chi connectivity index (χ2n) is 3.98. The number of aromatic nitrogens is 1. The maximum atomic E-state index is 11.8. The molecule has 0 bridgehead atoms. The van der Waals surface area contributed by atoms with Crippen molar-refractivity contribution >= 4 is 11.7 Å². The van der Waals surface area contributed by atoms with E-state index in [1.165, 1.54) is 0 Å². The second kappa shape index (κ2) is 6.67. The van der Waals surface area contributed by atoms with Crippen molar-refractivity contribution in [3.05, 3.63) is 38.8 Å². The number of carbonyl (C=O) groups excluding carboxylic acids is 1. The molecule has 1 heterocycles. The van der Waals surface area contributed by atoms with Gasteiger partial charge >= 0.3 is 5.97 Å². The Morgan fingerprint density at radius 3 is 2.68 bits per heavy atom. The Balaban J connectivity index is 3.10. The van der Waals surface area contributed by atoms with Gasteiger partial charge in [-0.05, 0) is 12.8 Å². The number of nitrogens with zero attached hydrogens (tertiary/aromatic N) is 2. The van der Waals surface area contributed by atoms with E-state index < -0.39 is 22.5 Å². The van der Waals surface area contributed by atoms with Gasteiger partial charge in [0.1, 0.15) is 6.04 Å². The van der Waals surface area contributed by atoms with Gasteiger partial charge in [-0.25, -0.2) is 4.79 Å². The lowest BCUT2D eigenvalue weighted by Crippen LogP contribution is -2.30. The molecule has 0 spiro atoms. The molecule has 1 unspecified atom stereocenters. The van der Waals surface area contributed by atoms with Crippen molar-refractivity contribution in [2.24, 2.45) is 0 Å². The summed E-state index contributed by atoms with van der Waals surface area (Å²) in [5.41, 5.74) is -0.702. The van der Waals surface area contributed by atoms with Crippen LogP contribution in [0.4, 0.5) is 5.69 Å². The third kappa shape index (κ3) is 3.64. The molecule has 0 aliphatic carbocycles. The van der Waals surface area contributed by atoms with Crippen molar-refractivity contribution in [1.29, 1.82) is 0 Å². The molecule has 0 aromatic carbocycles. The molecule has 1 aromatic heterocycles. The Morgan fingerprint density at radius 2 is 2.16 bits per heavy atom. The predicted molar refractivity (Wildman–Crippen MR) is 67.9 cm³/mol. The third-order valence-corrected chi connectivity index (χ3v) is 2.58. The number of carbonyl (C=O) groups is 1. The van der Waals surface area contributed by atoms with Crippen LogP contribution in [-0.4, -0.2) is 22.1 Å². The van der Waals surface area contributed by atoms with Gasteiger partial charge in [-0.1, -0.05) is 13.8 Å². The zero-order valence-electron chi connectivity index (χ0n) is 10.9. The SMILES string of the molecule is CCCOC(=O)C(CC)n1cc([N+](=O)[O-])ccc1=O. The Kier molecular flexibility index (Phi) is 5.23. The van der Waals surface area contributed by atoms with E-state index in [0.717, 1.165) is 22.9 Å². The van der Waals surface area contributed by atoms with Crippen LogP contribution in [0.5, 0.6) is 0 Å². The minimum Gasteiger partial charge on any atom is -0.464 e. The molecule has 1 rings (SSSR count). The number of esters is 1. The van der Waals surface area contributed by atoms with Crippen LogP contribution in [0, 0.1) is 10.1 Å². The van der Waals surface area contributed by atoms with Crippen LogP contribution in [0.1, 0.15) is 32.7 Å². The molecule has 0 aliphatic rings. The average Bonchev–Trinajstić information content (AvgIpc) is 2.38. The molecular formula is C12H16N2O5. The first kappa shape index (κ1) is 14.9. The van der Waals surface area contributed by atoms with Crippen molar-refractivity contribution in [2.45, 2.75) is 32.7 Å². The summed E-state index contributed by atoms with van der Waals surface area (Å²) in [6.45, 7) is 3.83. The number of ether oxygens (including phenoxy) is 1. The number of rotatable bonds is 6. The van der Waals surface area contributed by atoms with Crippen molar-refractivity contribution in [3.8, 4) is 0 Å². The van der Waals surface area contributed by atoms with Crippen LogP contribution in [0.25, 0.3) is 0 Å². The van der Waals surface area contributed by atoms with Gasteiger partial charge < -0.3 is 4.74 Å². The van der Waals surface area contributed by atoms with E-state index in [4.69, 9.17) is 4.74 Å². The number of pyridine rings is 1. The first-order valence-corrected chi connectivity index (χ1v) is 6.04. The number of nitro groups is 1. The van der Waals surface area contributed by atoms with Crippen molar-refractivity contribution < 1.29 is 14.5 Å². The number of hydrogen-bond donors (Lipinski definition) is 0. The molecule has 104 valence electrons. The zero-order chi connectivity index (χ0) is 14.4. The summed E-state index contributed by atoms with van der Waals surface area (Å²) in [7, 11) is 0. The van der Waals surface area contributed by atoms with Gasteiger partial charge in [0.25, 0.3) is 11.2 Å². The lowest BCUT2D eigenvalue weighted by atomic mass is 10.2. The van der Waals surface area contributed by atoms with Crippen molar-refractivity contribution in [3.63, 3.8) is 0 Å². The fourth-order valence-electron chi connectivity index (χ4n) is 1.62. The van der Waals surface area contributed by atoms with E-state index in [-0.39, 0.29) is 12.3 Å². The fraction of sp³-hybridized carbons (Fsp3) is 0.500. The van der Waals surface area contributed by atoms with E-state index in [9.17, 15) is 19.7 Å². The summed E-state index contributed by atoms with van der Waals surface area (Å²) in [5, 5.41) is 10.7. The van der Waals surface area contributed by atoms with Crippen LogP contribution in [0.15, 0.2) is 23.1 Å². The minimum atomic E-state index is -0.834. The highest BCUT2D eigenvalue weighted by molar-refractivity contribution is 5.74. The second-order valence-corrected chi connectivity index (χ2v) is 3.98. The van der Waals surface area contributed by atoms with Crippen LogP contribution in [-0.2, 0) is 9.53 Å². The van der Waals surface area contributed by atoms with Gasteiger partial charge in [0.15, 0.2) is 0 Å². The lowest BCUT2D eigenvalue weighted by molar-refractivity contribution is -0.385. The molecule has 0 radical (unpaired) electrons. The molecule has 1 atom stereocenters. The Labute approximate surface area is 110 Å². The zero-order valence-corrected chi connectivity index (χ0v) is 10.9. The van der Waals surface area contributed by atoms with E-state index in [1.54, 1.807) is 6.92 Å². The molecule has 7 nitrogen and oxygen atoms in total. The van der Waals surface area contributed by atoms with E-state index >= 15 is 0 Å². The normalized spacial score (nSPS) is 11.9. The average molecular weight is 268 g/mol. The maximum Gasteiger partial charge on any atom is 0.329 e. The lowest BCUT2D eigenvalue weighted by Gasteiger charge is -2.16. The molecular weight excluding hydrogens is 252 g/mol. The Morgan fingerprint density at radius 1 is 1.47 bits per heavy atom. The molecule has 19 heavy (non-hydrogen) atoms. The van der Waals surface area contributed by atoms with Crippen LogP contribution < -0.4 is 5.56 Å². The molecule has 0 N–H and O–H groups in total. The molecule has 0 amide bonds.